The van der Waals surface area contributed by atoms with E-state index >= 15 is 0 Å². The smallest absolute Gasteiger partial charge is 0.455 e. The third-order valence-electron chi connectivity index (χ3n) is 8.04. The zero-order valence-corrected chi connectivity index (χ0v) is 22.0. The number of amides is 2. The summed E-state index contributed by atoms with van der Waals surface area (Å²) in [4.78, 5) is 28.3. The molecule has 1 aliphatic carbocycles. The molecule has 5 rings (SSSR count). The normalized spacial score (nSPS) is 25.6. The quantitative estimate of drug-likeness (QED) is 0.271. The van der Waals surface area contributed by atoms with E-state index in [2.05, 4.69) is 0 Å². The summed E-state index contributed by atoms with van der Waals surface area (Å²) in [6, 6.07) is 13.8. The van der Waals surface area contributed by atoms with E-state index in [0.29, 0.717) is 30.0 Å². The monoisotopic (exact) mass is 535 g/mol. The lowest BCUT2D eigenvalue weighted by molar-refractivity contribution is -0.122. The van der Waals surface area contributed by atoms with Crippen LogP contribution in [0.15, 0.2) is 65.3 Å². The summed E-state index contributed by atoms with van der Waals surface area (Å²) in [7, 11) is -1.07. The highest BCUT2D eigenvalue weighted by Gasteiger charge is 2.57. The number of para-hydroxylation sites is 1. The number of halogens is 1. The number of hydrogen-bond donors (Lipinski definition) is 3. The van der Waals surface area contributed by atoms with Gasteiger partial charge in [-0.3, -0.25) is 14.5 Å². The molecule has 9 heteroatoms. The summed E-state index contributed by atoms with van der Waals surface area (Å²) >= 11 is 6.30. The molecular weight excluding hydrogens is 505 g/mol. The molecule has 0 bridgehead atoms. The van der Waals surface area contributed by atoms with Gasteiger partial charge in [-0.2, -0.15) is 0 Å². The number of carbonyl (C=O) groups excluding carboxylic acids is 2. The van der Waals surface area contributed by atoms with Crippen molar-refractivity contribution in [3.63, 3.8) is 0 Å². The fourth-order valence-corrected chi connectivity index (χ4v) is 6.49. The lowest BCUT2D eigenvalue weighted by atomic mass is 9.58. The number of allylic oxidation sites excluding steroid dienone is 1. The molecule has 2 aromatic rings. The molecule has 2 amide bonds. The molecule has 2 aromatic carbocycles. The second kappa shape index (κ2) is 11.1. The largest absolute Gasteiger partial charge is 0.508 e. The molecule has 2 heterocycles. The maximum absolute atomic E-state index is 13.6. The van der Waals surface area contributed by atoms with Crippen molar-refractivity contribution < 1.29 is 29.5 Å². The SMILES string of the molecule is CC/C(=C\c1ccc(O)cc1Cl)CC[C@H]1OB(O)C[C@H]2C1=C(CO)C[C@H]1C(=O)N(c3ccccc3)C(=O)[C@H]12. The zero-order chi connectivity index (χ0) is 27.0. The zero-order valence-electron chi connectivity index (χ0n) is 21.2. The van der Waals surface area contributed by atoms with E-state index in [1.807, 2.05) is 19.1 Å². The predicted molar refractivity (Wildman–Crippen MR) is 146 cm³/mol. The number of rotatable bonds is 7. The molecule has 198 valence electrons. The van der Waals surface area contributed by atoms with Gasteiger partial charge in [-0.1, -0.05) is 48.4 Å². The van der Waals surface area contributed by atoms with Crippen molar-refractivity contribution in [1.82, 2.24) is 0 Å². The van der Waals surface area contributed by atoms with Gasteiger partial charge < -0.3 is 19.9 Å². The van der Waals surface area contributed by atoms with Crippen LogP contribution in [0.1, 0.15) is 38.2 Å². The minimum Gasteiger partial charge on any atom is -0.508 e. The van der Waals surface area contributed by atoms with Crippen LogP contribution in [0.5, 0.6) is 5.75 Å². The lowest BCUT2D eigenvalue weighted by Crippen LogP contribution is -2.46. The number of aliphatic hydroxyl groups is 1. The number of carbonyl (C=O) groups is 2. The number of phenolic OH excluding ortho intramolecular Hbond substituents is 1. The molecule has 7 nitrogen and oxygen atoms in total. The summed E-state index contributed by atoms with van der Waals surface area (Å²) < 4.78 is 5.98. The van der Waals surface area contributed by atoms with Crippen LogP contribution in [0.25, 0.3) is 6.08 Å². The van der Waals surface area contributed by atoms with Gasteiger partial charge in [0.15, 0.2) is 0 Å². The van der Waals surface area contributed by atoms with Crippen LogP contribution in [0.4, 0.5) is 5.69 Å². The van der Waals surface area contributed by atoms with E-state index in [0.717, 1.165) is 28.7 Å². The molecule has 3 N–H and O–H groups in total. The highest BCUT2D eigenvalue weighted by atomic mass is 35.5. The Morgan fingerprint density at radius 3 is 2.61 bits per heavy atom. The molecule has 2 fully saturated rings. The number of aliphatic hydroxyl groups excluding tert-OH is 1. The maximum atomic E-state index is 13.6. The molecule has 0 radical (unpaired) electrons. The molecule has 2 aliphatic heterocycles. The van der Waals surface area contributed by atoms with Crippen molar-refractivity contribution in [2.24, 2.45) is 17.8 Å². The first-order valence-electron chi connectivity index (χ1n) is 13.1. The number of anilines is 1. The van der Waals surface area contributed by atoms with Crippen LogP contribution in [0.3, 0.4) is 0 Å². The first-order chi connectivity index (χ1) is 18.3. The molecule has 38 heavy (non-hydrogen) atoms. The van der Waals surface area contributed by atoms with Crippen LogP contribution in [0.2, 0.25) is 11.3 Å². The summed E-state index contributed by atoms with van der Waals surface area (Å²) in [6.45, 7) is 1.82. The van der Waals surface area contributed by atoms with Gasteiger partial charge in [0.25, 0.3) is 0 Å². The first kappa shape index (κ1) is 26.7. The third kappa shape index (κ3) is 4.94. The van der Waals surface area contributed by atoms with Gasteiger partial charge in [0.2, 0.25) is 11.8 Å². The number of phenols is 1. The minimum atomic E-state index is -1.07. The average molecular weight is 536 g/mol. The van der Waals surface area contributed by atoms with E-state index in [9.17, 15) is 24.8 Å². The standard InChI is InChI=1S/C29H31BClNO6/c1-2-17(12-18-9-10-21(34)14-24(18)31)8-11-25-26-19(16-33)13-22-27(23(26)15-30(37)38-25)29(36)32(28(22)35)20-6-4-3-5-7-20/h3-7,9-10,12,14,22-23,25,27,33-34,37H,2,8,11,13,15-16H2,1H3/b17-12+/t22-,23+,25-,27-/m1/s1. The Kier molecular flexibility index (Phi) is 7.77. The second-order valence-electron chi connectivity index (χ2n) is 10.2. The summed E-state index contributed by atoms with van der Waals surface area (Å²) in [6.07, 6.45) is 3.99. The first-order valence-corrected chi connectivity index (χ1v) is 13.5. The number of aromatic hydroxyl groups is 1. The Labute approximate surface area is 227 Å². The van der Waals surface area contributed by atoms with Gasteiger partial charge >= 0.3 is 7.12 Å². The van der Waals surface area contributed by atoms with E-state index in [1.165, 1.54) is 11.0 Å². The van der Waals surface area contributed by atoms with E-state index in [4.69, 9.17) is 16.3 Å². The summed E-state index contributed by atoms with van der Waals surface area (Å²) in [5.74, 6) is -1.94. The van der Waals surface area contributed by atoms with Crippen LogP contribution >= 0.6 is 11.6 Å². The van der Waals surface area contributed by atoms with Gasteiger partial charge in [-0.15, -0.1) is 0 Å². The Hall–Kier alpha value is -2.91. The summed E-state index contributed by atoms with van der Waals surface area (Å²) in [5.41, 5.74) is 4.04. The fraction of sp³-hybridized carbons (Fsp3) is 0.379. The molecule has 4 atom stereocenters. The third-order valence-corrected chi connectivity index (χ3v) is 8.37. The number of nitrogens with zero attached hydrogens (tertiary/aromatic N) is 1. The fourth-order valence-electron chi connectivity index (χ4n) is 6.26. The maximum Gasteiger partial charge on any atom is 0.455 e. The van der Waals surface area contributed by atoms with Crippen molar-refractivity contribution >= 4 is 42.3 Å². The molecule has 0 aromatic heterocycles. The number of hydrogen-bond acceptors (Lipinski definition) is 6. The number of imide groups is 1. The van der Waals surface area contributed by atoms with Crippen molar-refractivity contribution in [2.75, 3.05) is 11.5 Å². The highest BCUT2D eigenvalue weighted by molar-refractivity contribution is 6.43. The van der Waals surface area contributed by atoms with Crippen LogP contribution in [-0.4, -0.2) is 46.9 Å². The topological polar surface area (TPSA) is 107 Å². The van der Waals surface area contributed by atoms with Gasteiger partial charge in [0.05, 0.1) is 35.3 Å². The minimum absolute atomic E-state index is 0.102. The van der Waals surface area contributed by atoms with Gasteiger partial charge in [-0.05, 0) is 85.0 Å². The van der Waals surface area contributed by atoms with Crippen molar-refractivity contribution in [3.05, 3.63) is 75.8 Å². The Morgan fingerprint density at radius 1 is 1.16 bits per heavy atom. The summed E-state index contributed by atoms with van der Waals surface area (Å²) in [5, 5.41) is 31.1. The lowest BCUT2D eigenvalue weighted by Gasteiger charge is -2.43. The van der Waals surface area contributed by atoms with Gasteiger partial charge in [0.1, 0.15) is 5.75 Å². The molecule has 2 saturated heterocycles. The van der Waals surface area contributed by atoms with E-state index in [-0.39, 0.29) is 36.4 Å². The van der Waals surface area contributed by atoms with Crippen molar-refractivity contribution in [1.29, 1.82) is 0 Å². The Balaban J connectivity index is 1.42. The molecule has 0 unspecified atom stereocenters. The van der Waals surface area contributed by atoms with Crippen LogP contribution < -0.4 is 4.90 Å². The van der Waals surface area contributed by atoms with Gasteiger partial charge in [-0.25, -0.2) is 0 Å². The van der Waals surface area contributed by atoms with Crippen molar-refractivity contribution in [2.45, 2.75) is 45.0 Å². The van der Waals surface area contributed by atoms with Crippen molar-refractivity contribution in [3.8, 4) is 5.75 Å². The van der Waals surface area contributed by atoms with Crippen LogP contribution in [0, 0.1) is 17.8 Å². The molecule has 0 spiro atoms. The number of fused-ring (bicyclic) bond motifs is 3. The predicted octanol–water partition coefficient (Wildman–Crippen LogP) is 4.61. The second-order valence-corrected chi connectivity index (χ2v) is 10.6. The average Bonchev–Trinajstić information content (AvgIpc) is 3.16. The highest BCUT2D eigenvalue weighted by Crippen LogP contribution is 2.51. The van der Waals surface area contributed by atoms with Gasteiger partial charge in [0, 0.05) is 0 Å². The molecule has 0 saturated carbocycles. The Bertz CT molecular complexity index is 1300. The molecular formula is C29H31BClNO6. The Morgan fingerprint density at radius 2 is 1.92 bits per heavy atom. The van der Waals surface area contributed by atoms with E-state index < -0.39 is 25.1 Å². The van der Waals surface area contributed by atoms with E-state index in [1.54, 1.807) is 36.4 Å². The molecule has 3 aliphatic rings. The number of benzene rings is 2. The van der Waals surface area contributed by atoms with Crippen LogP contribution in [-0.2, 0) is 14.2 Å².